The summed E-state index contributed by atoms with van der Waals surface area (Å²) < 4.78 is 27.6. The van der Waals surface area contributed by atoms with E-state index in [1.165, 1.54) is 12.1 Å². The highest BCUT2D eigenvalue weighted by atomic mass is 32.2. The second-order valence-electron chi connectivity index (χ2n) is 8.83. The zero-order valence-electron chi connectivity index (χ0n) is 19.8. The molecule has 2 aromatic carbocycles. The molecule has 0 radical (unpaired) electrons. The monoisotopic (exact) mass is 513 g/mol. The number of sulfonamides is 1. The van der Waals surface area contributed by atoms with Crippen LogP contribution in [0.5, 0.6) is 0 Å². The van der Waals surface area contributed by atoms with Gasteiger partial charge in [0.15, 0.2) is 0 Å². The SMILES string of the molecule is Cc1ccc(S(=O)(=O)N2CCC[C@H]2C(=O)N[C@@H](Cc2ccccc2)C(=O)ON2C(=O)CCC2=O)cc1. The Kier molecular flexibility index (Phi) is 7.51. The van der Waals surface area contributed by atoms with E-state index in [9.17, 15) is 27.6 Å². The minimum atomic E-state index is -3.94. The Labute approximate surface area is 209 Å². The number of rotatable bonds is 8. The topological polar surface area (TPSA) is 130 Å². The van der Waals surface area contributed by atoms with Gasteiger partial charge in [-0.05, 0) is 37.5 Å². The molecule has 0 bridgehead atoms. The van der Waals surface area contributed by atoms with E-state index in [1.807, 2.05) is 6.92 Å². The average molecular weight is 514 g/mol. The molecule has 4 rings (SSSR count). The van der Waals surface area contributed by atoms with Crippen LogP contribution in [0.4, 0.5) is 0 Å². The Bertz CT molecular complexity index is 1250. The summed E-state index contributed by atoms with van der Waals surface area (Å²) in [5.74, 6) is -2.91. The van der Waals surface area contributed by atoms with Crippen molar-refractivity contribution < 1.29 is 32.4 Å². The number of hydrogen-bond acceptors (Lipinski definition) is 7. The lowest BCUT2D eigenvalue weighted by atomic mass is 10.1. The van der Waals surface area contributed by atoms with Crippen LogP contribution in [0.3, 0.4) is 0 Å². The van der Waals surface area contributed by atoms with Gasteiger partial charge in [0, 0.05) is 25.8 Å². The highest BCUT2D eigenvalue weighted by molar-refractivity contribution is 7.89. The fourth-order valence-electron chi connectivity index (χ4n) is 4.26. The van der Waals surface area contributed by atoms with Crippen molar-refractivity contribution >= 4 is 33.7 Å². The smallest absolute Gasteiger partial charge is 0.341 e. The van der Waals surface area contributed by atoms with Crippen molar-refractivity contribution in [2.45, 2.75) is 56.0 Å². The summed E-state index contributed by atoms with van der Waals surface area (Å²) in [6.07, 6.45) is 0.672. The number of carbonyl (C=O) groups is 4. The molecule has 36 heavy (non-hydrogen) atoms. The number of hydrogen-bond donors (Lipinski definition) is 1. The first-order valence-electron chi connectivity index (χ1n) is 11.7. The normalized spacial score (nSPS) is 19.4. The summed E-state index contributed by atoms with van der Waals surface area (Å²) in [7, 11) is -3.94. The molecule has 2 fully saturated rings. The summed E-state index contributed by atoms with van der Waals surface area (Å²) in [6, 6.07) is 12.9. The van der Waals surface area contributed by atoms with Gasteiger partial charge in [0.2, 0.25) is 15.9 Å². The predicted molar refractivity (Wildman–Crippen MR) is 127 cm³/mol. The second kappa shape index (κ2) is 10.6. The third kappa shape index (κ3) is 5.47. The van der Waals surface area contributed by atoms with E-state index in [0.29, 0.717) is 17.0 Å². The molecule has 2 aliphatic rings. The lowest BCUT2D eigenvalue weighted by Crippen LogP contribution is -2.52. The van der Waals surface area contributed by atoms with E-state index in [4.69, 9.17) is 4.84 Å². The van der Waals surface area contributed by atoms with Crippen molar-refractivity contribution in [1.82, 2.24) is 14.7 Å². The molecule has 0 spiro atoms. The van der Waals surface area contributed by atoms with Crippen LogP contribution in [0.15, 0.2) is 59.5 Å². The molecule has 0 aliphatic carbocycles. The maximum Gasteiger partial charge on any atom is 0.355 e. The maximum atomic E-state index is 13.3. The van der Waals surface area contributed by atoms with Gasteiger partial charge in [-0.25, -0.2) is 13.2 Å². The van der Waals surface area contributed by atoms with E-state index < -0.39 is 45.8 Å². The Morgan fingerprint density at radius 2 is 1.67 bits per heavy atom. The predicted octanol–water partition coefficient (Wildman–Crippen LogP) is 1.48. The third-order valence-electron chi connectivity index (χ3n) is 6.20. The van der Waals surface area contributed by atoms with Crippen molar-refractivity contribution in [3.8, 4) is 0 Å². The fourth-order valence-corrected chi connectivity index (χ4v) is 5.91. The second-order valence-corrected chi connectivity index (χ2v) is 10.7. The summed E-state index contributed by atoms with van der Waals surface area (Å²) in [6.45, 7) is 2.01. The van der Waals surface area contributed by atoms with Gasteiger partial charge in [-0.15, -0.1) is 5.06 Å². The number of nitrogens with one attached hydrogen (secondary N) is 1. The minimum absolute atomic E-state index is 0.0269. The van der Waals surface area contributed by atoms with Crippen LogP contribution in [0.1, 0.15) is 36.8 Å². The van der Waals surface area contributed by atoms with Gasteiger partial charge in [-0.1, -0.05) is 48.0 Å². The summed E-state index contributed by atoms with van der Waals surface area (Å²) >= 11 is 0. The lowest BCUT2D eigenvalue weighted by Gasteiger charge is -2.26. The molecule has 1 N–H and O–H groups in total. The van der Waals surface area contributed by atoms with Gasteiger partial charge in [-0.2, -0.15) is 4.31 Å². The van der Waals surface area contributed by atoms with E-state index in [0.717, 1.165) is 9.87 Å². The van der Waals surface area contributed by atoms with Crippen LogP contribution in [-0.2, 0) is 40.5 Å². The number of imide groups is 1. The van der Waals surface area contributed by atoms with Crippen molar-refractivity contribution in [3.05, 3.63) is 65.7 Å². The Balaban J connectivity index is 1.53. The Hall–Kier alpha value is -3.57. The number of nitrogens with zero attached hydrogens (tertiary/aromatic N) is 2. The minimum Gasteiger partial charge on any atom is -0.341 e. The molecule has 2 atom stereocenters. The van der Waals surface area contributed by atoms with Gasteiger partial charge < -0.3 is 10.2 Å². The van der Waals surface area contributed by atoms with Gasteiger partial charge in [-0.3, -0.25) is 14.4 Å². The van der Waals surface area contributed by atoms with Crippen LogP contribution in [0.2, 0.25) is 0 Å². The van der Waals surface area contributed by atoms with E-state index >= 15 is 0 Å². The van der Waals surface area contributed by atoms with Crippen molar-refractivity contribution in [1.29, 1.82) is 0 Å². The largest absolute Gasteiger partial charge is 0.355 e. The molecule has 2 saturated heterocycles. The number of hydroxylamine groups is 2. The molecule has 0 aromatic heterocycles. The maximum absolute atomic E-state index is 13.3. The van der Waals surface area contributed by atoms with Crippen LogP contribution in [-0.4, -0.2) is 60.1 Å². The molecule has 2 aliphatic heterocycles. The Morgan fingerprint density at radius 3 is 2.31 bits per heavy atom. The van der Waals surface area contributed by atoms with Crippen LogP contribution >= 0.6 is 0 Å². The lowest BCUT2D eigenvalue weighted by molar-refractivity contribution is -0.199. The molecule has 3 amide bonds. The number of benzene rings is 2. The zero-order chi connectivity index (χ0) is 25.9. The summed E-state index contributed by atoms with van der Waals surface area (Å²) in [5.41, 5.74) is 1.61. The molecular formula is C25H27N3O7S. The number of aryl methyl sites for hydroxylation is 1. The first-order valence-corrected chi connectivity index (χ1v) is 13.1. The van der Waals surface area contributed by atoms with E-state index in [-0.39, 0.29) is 37.1 Å². The number of amides is 3. The van der Waals surface area contributed by atoms with Gasteiger partial charge in [0.05, 0.1) is 4.90 Å². The van der Waals surface area contributed by atoms with Gasteiger partial charge >= 0.3 is 5.97 Å². The van der Waals surface area contributed by atoms with E-state index in [1.54, 1.807) is 42.5 Å². The van der Waals surface area contributed by atoms with Crippen molar-refractivity contribution in [2.24, 2.45) is 0 Å². The molecule has 10 nitrogen and oxygen atoms in total. The third-order valence-corrected chi connectivity index (χ3v) is 8.13. The first-order chi connectivity index (χ1) is 17.2. The summed E-state index contributed by atoms with van der Waals surface area (Å²) in [5, 5.41) is 3.03. The molecule has 0 saturated carbocycles. The van der Waals surface area contributed by atoms with Crippen molar-refractivity contribution in [2.75, 3.05) is 6.54 Å². The van der Waals surface area contributed by atoms with Crippen LogP contribution < -0.4 is 5.32 Å². The summed E-state index contributed by atoms with van der Waals surface area (Å²) in [4.78, 5) is 55.2. The zero-order valence-corrected chi connectivity index (χ0v) is 20.6. The fraction of sp³-hybridized carbons (Fsp3) is 0.360. The van der Waals surface area contributed by atoms with Crippen molar-refractivity contribution in [3.63, 3.8) is 0 Å². The van der Waals surface area contributed by atoms with Gasteiger partial charge in [0.1, 0.15) is 12.1 Å². The highest BCUT2D eigenvalue weighted by Gasteiger charge is 2.41. The van der Waals surface area contributed by atoms with Gasteiger partial charge in [0.25, 0.3) is 11.8 Å². The average Bonchev–Trinajstić information content (AvgIpc) is 3.48. The van der Waals surface area contributed by atoms with Crippen LogP contribution in [0.25, 0.3) is 0 Å². The molecule has 2 heterocycles. The Morgan fingerprint density at radius 1 is 1.03 bits per heavy atom. The molecular weight excluding hydrogens is 486 g/mol. The molecule has 0 unspecified atom stereocenters. The quantitative estimate of drug-likeness (QED) is 0.529. The first kappa shape index (κ1) is 25.5. The standard InChI is InChI=1S/C25H27N3O7S/c1-17-9-11-19(12-10-17)36(33,34)27-15-5-8-21(27)24(31)26-20(16-18-6-3-2-4-7-18)25(32)35-28-22(29)13-14-23(28)30/h2-4,6-7,9-12,20-21H,5,8,13-16H2,1H3,(H,26,31)/t20-,21-/m0/s1. The molecule has 2 aromatic rings. The molecule has 11 heteroatoms. The highest BCUT2D eigenvalue weighted by Crippen LogP contribution is 2.27. The molecule has 190 valence electrons. The van der Waals surface area contributed by atoms with E-state index in [2.05, 4.69) is 5.32 Å². The number of carbonyl (C=O) groups excluding carboxylic acids is 4. The van der Waals surface area contributed by atoms with Crippen LogP contribution in [0, 0.1) is 6.92 Å².